The predicted octanol–water partition coefficient (Wildman–Crippen LogP) is 2.59. The van der Waals surface area contributed by atoms with Crippen LogP contribution in [0.15, 0.2) is 30.3 Å². The summed E-state index contributed by atoms with van der Waals surface area (Å²) in [5.41, 5.74) is 2.58. The number of hydrogen-bond donors (Lipinski definition) is 2. The van der Waals surface area contributed by atoms with E-state index in [-0.39, 0.29) is 0 Å². The van der Waals surface area contributed by atoms with Crippen molar-refractivity contribution < 1.29 is 0 Å². The molecule has 72 valence electrons. The highest BCUT2D eigenvalue weighted by Gasteiger charge is 2.17. The van der Waals surface area contributed by atoms with Gasteiger partial charge >= 0.3 is 0 Å². The number of benzene rings is 1. The lowest BCUT2D eigenvalue weighted by molar-refractivity contribution is 0.633. The topological polar surface area (TPSA) is 27.8 Å². The largest absolute Gasteiger partial charge is 0.357 e. The smallest absolute Gasteiger partial charge is 0.0473 e. The summed E-state index contributed by atoms with van der Waals surface area (Å²) in [5.74, 6) is 0. The van der Waals surface area contributed by atoms with Gasteiger partial charge in [-0.1, -0.05) is 18.2 Å². The Balaban J connectivity index is 2.05. The lowest BCUT2D eigenvalue weighted by atomic mass is 10.1. The molecule has 0 spiro atoms. The molecule has 1 atom stereocenters. The van der Waals surface area contributed by atoms with Gasteiger partial charge in [0.05, 0.1) is 0 Å². The van der Waals surface area contributed by atoms with E-state index >= 15 is 0 Å². The van der Waals surface area contributed by atoms with Crippen molar-refractivity contribution in [3.8, 4) is 0 Å². The number of aromatic nitrogens is 1. The normalized spacial score (nSPS) is 21.9. The average Bonchev–Trinajstić information content (AvgIpc) is 2.86. The van der Waals surface area contributed by atoms with Gasteiger partial charge in [-0.3, -0.25) is 0 Å². The van der Waals surface area contributed by atoms with Crippen molar-refractivity contribution >= 4 is 10.9 Å². The van der Waals surface area contributed by atoms with Crippen LogP contribution in [-0.4, -0.2) is 11.5 Å². The summed E-state index contributed by atoms with van der Waals surface area (Å²) in [5, 5.41) is 4.82. The molecule has 0 saturated carbocycles. The Morgan fingerprint density at radius 1 is 1.21 bits per heavy atom. The zero-order chi connectivity index (χ0) is 9.38. The van der Waals surface area contributed by atoms with E-state index in [1.807, 2.05) is 0 Å². The van der Waals surface area contributed by atoms with Gasteiger partial charge in [0.25, 0.3) is 0 Å². The van der Waals surface area contributed by atoms with Gasteiger partial charge in [0.2, 0.25) is 0 Å². The summed E-state index contributed by atoms with van der Waals surface area (Å²) < 4.78 is 0. The first-order chi connectivity index (χ1) is 6.93. The number of rotatable bonds is 1. The van der Waals surface area contributed by atoms with E-state index in [0.29, 0.717) is 6.04 Å². The third-order valence-corrected chi connectivity index (χ3v) is 2.99. The van der Waals surface area contributed by atoms with Crippen LogP contribution in [0.5, 0.6) is 0 Å². The Kier molecular flexibility index (Phi) is 1.81. The van der Waals surface area contributed by atoms with Crippen LogP contribution in [0, 0.1) is 0 Å². The zero-order valence-corrected chi connectivity index (χ0v) is 8.09. The summed E-state index contributed by atoms with van der Waals surface area (Å²) in [6.07, 6.45) is 2.55. The molecule has 0 radical (unpaired) electrons. The zero-order valence-electron chi connectivity index (χ0n) is 8.09. The van der Waals surface area contributed by atoms with Gasteiger partial charge in [-0.25, -0.2) is 0 Å². The van der Waals surface area contributed by atoms with E-state index in [1.54, 1.807) is 0 Å². The highest BCUT2D eigenvalue weighted by atomic mass is 15.0. The minimum atomic E-state index is 0.544. The van der Waals surface area contributed by atoms with E-state index in [2.05, 4.69) is 40.6 Å². The summed E-state index contributed by atoms with van der Waals surface area (Å²) in [4.78, 5) is 3.48. The van der Waals surface area contributed by atoms with Crippen LogP contribution in [0.1, 0.15) is 24.6 Å². The van der Waals surface area contributed by atoms with Crippen molar-refractivity contribution in [3.63, 3.8) is 0 Å². The van der Waals surface area contributed by atoms with E-state index in [4.69, 9.17) is 0 Å². The van der Waals surface area contributed by atoms with Crippen LogP contribution in [0.25, 0.3) is 10.9 Å². The molecule has 1 aliphatic heterocycles. The fourth-order valence-corrected chi connectivity index (χ4v) is 2.23. The van der Waals surface area contributed by atoms with Gasteiger partial charge in [0, 0.05) is 17.3 Å². The third-order valence-electron chi connectivity index (χ3n) is 2.99. The van der Waals surface area contributed by atoms with Crippen LogP contribution in [-0.2, 0) is 0 Å². The molecular formula is C12H14N2. The SMILES string of the molecule is c1ccc2[nH]c([C@@H]3CCCN3)cc2c1. The molecule has 0 unspecified atom stereocenters. The summed E-state index contributed by atoms with van der Waals surface area (Å²) in [6, 6.07) is 11.3. The van der Waals surface area contributed by atoms with E-state index in [1.165, 1.54) is 29.4 Å². The molecule has 2 heterocycles. The molecule has 2 nitrogen and oxygen atoms in total. The minimum Gasteiger partial charge on any atom is -0.357 e. The van der Waals surface area contributed by atoms with Crippen LogP contribution < -0.4 is 5.32 Å². The third kappa shape index (κ3) is 1.23. The molecule has 0 aliphatic carbocycles. The van der Waals surface area contributed by atoms with Crippen LogP contribution in [0.4, 0.5) is 0 Å². The maximum atomic E-state index is 3.50. The minimum absolute atomic E-state index is 0.544. The van der Waals surface area contributed by atoms with Crippen LogP contribution in [0.3, 0.4) is 0 Å². The molecule has 1 aromatic carbocycles. The number of para-hydroxylation sites is 1. The molecule has 0 bridgehead atoms. The number of fused-ring (bicyclic) bond motifs is 1. The summed E-state index contributed by atoms with van der Waals surface area (Å²) in [6.45, 7) is 1.15. The molecule has 14 heavy (non-hydrogen) atoms. The van der Waals surface area contributed by atoms with Crippen molar-refractivity contribution in [2.45, 2.75) is 18.9 Å². The fraction of sp³-hybridized carbons (Fsp3) is 0.333. The molecule has 2 N–H and O–H groups in total. The van der Waals surface area contributed by atoms with Gasteiger partial charge in [0.15, 0.2) is 0 Å². The Bertz CT molecular complexity index is 405. The van der Waals surface area contributed by atoms with Crippen molar-refractivity contribution in [2.75, 3.05) is 6.54 Å². The maximum absolute atomic E-state index is 3.50. The van der Waals surface area contributed by atoms with Crippen molar-refractivity contribution in [1.29, 1.82) is 0 Å². The van der Waals surface area contributed by atoms with Crippen LogP contribution >= 0.6 is 0 Å². The Morgan fingerprint density at radius 3 is 2.93 bits per heavy atom. The number of hydrogen-bond acceptors (Lipinski definition) is 1. The number of aromatic amines is 1. The molecular weight excluding hydrogens is 172 g/mol. The van der Waals surface area contributed by atoms with E-state index in [9.17, 15) is 0 Å². The highest BCUT2D eigenvalue weighted by Crippen LogP contribution is 2.25. The first-order valence-corrected chi connectivity index (χ1v) is 5.24. The van der Waals surface area contributed by atoms with Crippen LogP contribution in [0.2, 0.25) is 0 Å². The van der Waals surface area contributed by atoms with Crippen molar-refractivity contribution in [3.05, 3.63) is 36.0 Å². The molecule has 3 rings (SSSR count). The second kappa shape index (κ2) is 3.14. The van der Waals surface area contributed by atoms with Gasteiger partial charge < -0.3 is 10.3 Å². The molecule has 2 heteroatoms. The predicted molar refractivity (Wildman–Crippen MR) is 58.3 cm³/mol. The van der Waals surface area contributed by atoms with Gasteiger partial charge in [0.1, 0.15) is 0 Å². The molecule has 1 aliphatic rings. The second-order valence-electron chi connectivity index (χ2n) is 3.96. The lowest BCUT2D eigenvalue weighted by Gasteiger charge is -2.06. The van der Waals surface area contributed by atoms with Gasteiger partial charge in [-0.05, 0) is 36.9 Å². The Labute approximate surface area is 83.3 Å². The molecule has 1 fully saturated rings. The van der Waals surface area contributed by atoms with Gasteiger partial charge in [-0.2, -0.15) is 0 Å². The first-order valence-electron chi connectivity index (χ1n) is 5.24. The lowest BCUT2D eigenvalue weighted by Crippen LogP contribution is -2.12. The summed E-state index contributed by atoms with van der Waals surface area (Å²) in [7, 11) is 0. The molecule has 1 aromatic heterocycles. The number of nitrogens with one attached hydrogen (secondary N) is 2. The second-order valence-corrected chi connectivity index (χ2v) is 3.96. The van der Waals surface area contributed by atoms with Crippen molar-refractivity contribution in [2.24, 2.45) is 0 Å². The first kappa shape index (κ1) is 8.06. The van der Waals surface area contributed by atoms with Crippen molar-refractivity contribution in [1.82, 2.24) is 10.3 Å². The van der Waals surface area contributed by atoms with E-state index in [0.717, 1.165) is 6.54 Å². The average molecular weight is 186 g/mol. The standard InChI is InChI=1S/C12H14N2/c1-2-5-10-9(4-1)8-12(14-10)11-6-3-7-13-11/h1-2,4-5,8,11,13-14H,3,6-7H2/t11-/m0/s1. The quantitative estimate of drug-likeness (QED) is 0.704. The highest BCUT2D eigenvalue weighted by molar-refractivity contribution is 5.80. The Hall–Kier alpha value is -1.28. The number of H-pyrrole nitrogens is 1. The van der Waals surface area contributed by atoms with E-state index < -0.39 is 0 Å². The maximum Gasteiger partial charge on any atom is 0.0473 e. The fourth-order valence-electron chi connectivity index (χ4n) is 2.23. The van der Waals surface area contributed by atoms with Gasteiger partial charge in [-0.15, -0.1) is 0 Å². The molecule has 1 saturated heterocycles. The Morgan fingerprint density at radius 2 is 2.14 bits per heavy atom. The molecule has 2 aromatic rings. The monoisotopic (exact) mass is 186 g/mol. The summed E-state index contributed by atoms with van der Waals surface area (Å²) >= 11 is 0. The molecule has 0 amide bonds.